The number of carbonyl (C=O) groups excluding carboxylic acids is 1. The van der Waals surface area contributed by atoms with Crippen molar-refractivity contribution >= 4 is 5.91 Å². The van der Waals surface area contributed by atoms with E-state index < -0.39 is 0 Å². The fraction of sp³-hybridized carbons (Fsp3) is 0.923. The third-order valence-electron chi connectivity index (χ3n) is 4.26. The van der Waals surface area contributed by atoms with Crippen LogP contribution in [0.4, 0.5) is 0 Å². The summed E-state index contributed by atoms with van der Waals surface area (Å²) in [5.41, 5.74) is -0.270. The predicted octanol–water partition coefficient (Wildman–Crippen LogP) is 0.250. The van der Waals surface area contributed by atoms with Crippen LogP contribution < -0.4 is 5.32 Å². The summed E-state index contributed by atoms with van der Waals surface area (Å²) in [6.07, 6.45) is 2.66. The van der Waals surface area contributed by atoms with Crippen LogP contribution in [0.2, 0.25) is 0 Å². The number of ether oxygens (including phenoxy) is 2. The molecule has 104 valence electrons. The van der Waals surface area contributed by atoms with Gasteiger partial charge in [-0.15, -0.1) is 0 Å². The molecule has 2 rings (SSSR count). The zero-order valence-electron chi connectivity index (χ0n) is 11.4. The van der Waals surface area contributed by atoms with E-state index in [0.717, 1.165) is 39.0 Å². The molecule has 0 spiro atoms. The van der Waals surface area contributed by atoms with Crippen LogP contribution in [0.15, 0.2) is 0 Å². The van der Waals surface area contributed by atoms with Crippen molar-refractivity contribution in [1.29, 1.82) is 0 Å². The minimum Gasteiger partial charge on any atom is -0.385 e. The first-order valence-electron chi connectivity index (χ1n) is 6.74. The highest BCUT2D eigenvalue weighted by molar-refractivity contribution is 5.83. The number of hydrogen-bond donors (Lipinski definition) is 1. The maximum absolute atomic E-state index is 12.7. The van der Waals surface area contributed by atoms with Crippen LogP contribution in [0.3, 0.4) is 0 Å². The molecule has 1 amide bonds. The molecule has 1 N–H and O–H groups in total. The molecule has 2 saturated heterocycles. The van der Waals surface area contributed by atoms with Crippen molar-refractivity contribution in [1.82, 2.24) is 10.2 Å². The predicted molar refractivity (Wildman–Crippen MR) is 68.4 cm³/mol. The highest BCUT2D eigenvalue weighted by Gasteiger charge is 2.44. The lowest BCUT2D eigenvalue weighted by Gasteiger charge is -2.34. The molecule has 0 saturated carbocycles. The molecule has 2 aliphatic heterocycles. The molecule has 0 aromatic heterocycles. The van der Waals surface area contributed by atoms with E-state index in [1.807, 2.05) is 11.9 Å². The number of rotatable bonds is 5. The molecule has 5 nitrogen and oxygen atoms in total. The van der Waals surface area contributed by atoms with Crippen LogP contribution in [0.5, 0.6) is 0 Å². The highest BCUT2D eigenvalue weighted by Crippen LogP contribution is 2.33. The summed E-state index contributed by atoms with van der Waals surface area (Å²) in [5, 5.41) is 3.31. The number of amides is 1. The Morgan fingerprint density at radius 2 is 2.44 bits per heavy atom. The van der Waals surface area contributed by atoms with Crippen LogP contribution in [0, 0.1) is 5.41 Å². The fourth-order valence-corrected chi connectivity index (χ4v) is 2.91. The minimum absolute atomic E-state index is 0.248. The van der Waals surface area contributed by atoms with Crippen molar-refractivity contribution in [2.45, 2.75) is 25.3 Å². The second-order valence-corrected chi connectivity index (χ2v) is 5.38. The third-order valence-corrected chi connectivity index (χ3v) is 4.26. The van der Waals surface area contributed by atoms with Crippen LogP contribution in [0.25, 0.3) is 0 Å². The van der Waals surface area contributed by atoms with Gasteiger partial charge in [-0.3, -0.25) is 4.79 Å². The van der Waals surface area contributed by atoms with Crippen molar-refractivity contribution in [3.8, 4) is 0 Å². The van der Waals surface area contributed by atoms with Gasteiger partial charge >= 0.3 is 0 Å². The summed E-state index contributed by atoms with van der Waals surface area (Å²) in [6, 6.07) is 0.248. The molecule has 0 aromatic carbocycles. The van der Waals surface area contributed by atoms with Gasteiger partial charge in [0.2, 0.25) is 5.91 Å². The summed E-state index contributed by atoms with van der Waals surface area (Å²) in [5.74, 6) is 0.250. The Bertz CT molecular complexity index is 284. The number of carbonyl (C=O) groups is 1. The van der Waals surface area contributed by atoms with Crippen LogP contribution in [-0.2, 0) is 14.3 Å². The third kappa shape index (κ3) is 2.68. The van der Waals surface area contributed by atoms with Crippen LogP contribution >= 0.6 is 0 Å². The molecule has 0 radical (unpaired) electrons. The number of hydrogen-bond acceptors (Lipinski definition) is 4. The quantitative estimate of drug-likeness (QED) is 0.766. The molecule has 2 heterocycles. The molecule has 2 atom stereocenters. The van der Waals surface area contributed by atoms with Gasteiger partial charge in [0, 0.05) is 33.9 Å². The van der Waals surface area contributed by atoms with Gasteiger partial charge in [-0.1, -0.05) is 0 Å². The first-order valence-corrected chi connectivity index (χ1v) is 6.74. The topological polar surface area (TPSA) is 50.8 Å². The summed E-state index contributed by atoms with van der Waals surface area (Å²) in [7, 11) is 3.60. The zero-order valence-corrected chi connectivity index (χ0v) is 11.4. The Balaban J connectivity index is 2.02. The standard InChI is InChI=1S/C13H24N2O3/c1-15(11-3-7-18-9-11)12(16)13(5-8-17-2)4-6-14-10-13/h11,14H,3-10H2,1-2H3. The van der Waals surface area contributed by atoms with Crippen molar-refractivity contribution < 1.29 is 14.3 Å². The lowest BCUT2D eigenvalue weighted by Crippen LogP contribution is -2.48. The van der Waals surface area contributed by atoms with E-state index in [9.17, 15) is 4.79 Å². The Morgan fingerprint density at radius 3 is 3.00 bits per heavy atom. The highest BCUT2D eigenvalue weighted by atomic mass is 16.5. The van der Waals surface area contributed by atoms with Gasteiger partial charge in [-0.25, -0.2) is 0 Å². The second kappa shape index (κ2) is 5.99. The molecule has 0 aliphatic carbocycles. The minimum atomic E-state index is -0.270. The Labute approximate surface area is 109 Å². The van der Waals surface area contributed by atoms with E-state index in [2.05, 4.69) is 5.32 Å². The monoisotopic (exact) mass is 256 g/mol. The van der Waals surface area contributed by atoms with Gasteiger partial charge in [-0.2, -0.15) is 0 Å². The summed E-state index contributed by atoms with van der Waals surface area (Å²) in [4.78, 5) is 14.6. The Hall–Kier alpha value is -0.650. The maximum atomic E-state index is 12.7. The average Bonchev–Trinajstić information content (AvgIpc) is 3.06. The lowest BCUT2D eigenvalue weighted by molar-refractivity contribution is -0.143. The fourth-order valence-electron chi connectivity index (χ4n) is 2.91. The SMILES string of the molecule is COCCC1(C(=O)N(C)C2CCOC2)CCNC1. The number of nitrogens with one attached hydrogen (secondary N) is 1. The van der Waals surface area contributed by atoms with Gasteiger partial charge in [0.15, 0.2) is 0 Å². The largest absolute Gasteiger partial charge is 0.385 e. The van der Waals surface area contributed by atoms with Crippen molar-refractivity contribution in [2.24, 2.45) is 5.41 Å². The van der Waals surface area contributed by atoms with Gasteiger partial charge in [0.25, 0.3) is 0 Å². The van der Waals surface area contributed by atoms with Gasteiger partial charge in [-0.05, 0) is 25.8 Å². The lowest BCUT2D eigenvalue weighted by atomic mass is 9.82. The van der Waals surface area contributed by atoms with E-state index in [1.54, 1.807) is 7.11 Å². The van der Waals surface area contributed by atoms with Gasteiger partial charge in [0.1, 0.15) is 0 Å². The van der Waals surface area contributed by atoms with Crippen molar-refractivity contribution in [2.75, 3.05) is 47.1 Å². The number of likely N-dealkylation sites (N-methyl/N-ethyl adjacent to an activating group) is 1. The van der Waals surface area contributed by atoms with E-state index in [-0.39, 0.29) is 17.4 Å². The first kappa shape index (κ1) is 13.8. The summed E-state index contributed by atoms with van der Waals surface area (Å²) in [6.45, 7) is 3.78. The molecule has 0 aromatic rings. The first-order chi connectivity index (χ1) is 8.69. The number of nitrogens with zero attached hydrogens (tertiary/aromatic N) is 1. The van der Waals surface area contributed by atoms with Crippen molar-refractivity contribution in [3.05, 3.63) is 0 Å². The molecule has 18 heavy (non-hydrogen) atoms. The van der Waals surface area contributed by atoms with E-state index >= 15 is 0 Å². The molecule has 2 aliphatic rings. The normalized spacial score (nSPS) is 31.8. The molecule has 0 bridgehead atoms. The smallest absolute Gasteiger partial charge is 0.230 e. The summed E-state index contributed by atoms with van der Waals surface area (Å²) >= 11 is 0. The van der Waals surface area contributed by atoms with Gasteiger partial charge < -0.3 is 19.7 Å². The van der Waals surface area contributed by atoms with E-state index in [0.29, 0.717) is 13.2 Å². The summed E-state index contributed by atoms with van der Waals surface area (Å²) < 4.78 is 10.5. The Morgan fingerprint density at radius 1 is 1.61 bits per heavy atom. The molecular formula is C13H24N2O3. The van der Waals surface area contributed by atoms with Crippen molar-refractivity contribution in [3.63, 3.8) is 0 Å². The van der Waals surface area contributed by atoms with Gasteiger partial charge in [0.05, 0.1) is 18.1 Å². The average molecular weight is 256 g/mol. The molecule has 5 heteroatoms. The van der Waals surface area contributed by atoms with Crippen LogP contribution in [0.1, 0.15) is 19.3 Å². The Kier molecular flexibility index (Phi) is 4.59. The maximum Gasteiger partial charge on any atom is 0.230 e. The second-order valence-electron chi connectivity index (χ2n) is 5.38. The van der Waals surface area contributed by atoms with Crippen LogP contribution in [-0.4, -0.2) is 63.9 Å². The molecule has 2 fully saturated rings. The van der Waals surface area contributed by atoms with E-state index in [4.69, 9.17) is 9.47 Å². The number of methoxy groups -OCH3 is 1. The zero-order chi connectivity index (χ0) is 13.0. The molecule has 2 unspecified atom stereocenters. The van der Waals surface area contributed by atoms with E-state index in [1.165, 1.54) is 0 Å². The molecular weight excluding hydrogens is 232 g/mol.